The summed E-state index contributed by atoms with van der Waals surface area (Å²) in [6.45, 7) is 24.8. The Bertz CT molecular complexity index is 1330. The minimum atomic E-state index is -3.10. The first kappa shape index (κ1) is 45.7. The van der Waals surface area contributed by atoms with Gasteiger partial charge in [0.25, 0.3) is 0 Å². The zero-order chi connectivity index (χ0) is 39.2. The van der Waals surface area contributed by atoms with Crippen LogP contribution in [0.15, 0.2) is 36.4 Å². The van der Waals surface area contributed by atoms with Crippen LogP contribution in [0.3, 0.4) is 0 Å². The highest BCUT2D eigenvalue weighted by Crippen LogP contribution is 2.43. The van der Waals surface area contributed by atoms with Gasteiger partial charge in [-0.1, -0.05) is 145 Å². The molecule has 2 aromatic rings. The molecular formula is C44H71O7P. The molecule has 0 fully saturated rings. The van der Waals surface area contributed by atoms with E-state index in [1.54, 1.807) is 0 Å². The van der Waals surface area contributed by atoms with Crippen molar-refractivity contribution in [2.75, 3.05) is 13.2 Å². The average Bonchev–Trinajstić information content (AvgIpc) is 3.06. The molecule has 0 atom stereocenters. The van der Waals surface area contributed by atoms with Crippen LogP contribution in [0.1, 0.15) is 169 Å². The predicted molar refractivity (Wildman–Crippen MR) is 215 cm³/mol. The first-order valence-electron chi connectivity index (χ1n) is 19.8. The van der Waals surface area contributed by atoms with Crippen LogP contribution in [-0.2, 0) is 34.0 Å². The van der Waals surface area contributed by atoms with Gasteiger partial charge < -0.3 is 18.5 Å². The summed E-state index contributed by atoms with van der Waals surface area (Å²) in [6, 6.07) is 12.0. The lowest BCUT2D eigenvalue weighted by atomic mass is 9.79. The molecule has 52 heavy (non-hydrogen) atoms. The molecule has 2 rings (SSSR count). The lowest BCUT2D eigenvalue weighted by Gasteiger charge is -2.33. The van der Waals surface area contributed by atoms with Crippen LogP contribution in [0.4, 0.5) is 0 Å². The summed E-state index contributed by atoms with van der Waals surface area (Å²) in [5.41, 5.74) is 1.45. The first-order chi connectivity index (χ1) is 24.4. The number of carbonyl (C=O) groups is 2. The van der Waals surface area contributed by atoms with E-state index in [1.807, 2.05) is 50.2 Å². The third kappa shape index (κ3) is 13.4. The van der Waals surface area contributed by atoms with Gasteiger partial charge in [0, 0.05) is 11.1 Å². The second-order valence-corrected chi connectivity index (χ2v) is 18.2. The van der Waals surface area contributed by atoms with Crippen molar-refractivity contribution in [2.24, 2.45) is 10.8 Å². The second-order valence-electron chi connectivity index (χ2n) is 17.1. The van der Waals surface area contributed by atoms with Gasteiger partial charge in [-0.3, -0.25) is 14.2 Å². The molecule has 0 saturated heterocycles. The van der Waals surface area contributed by atoms with E-state index < -0.39 is 19.1 Å². The van der Waals surface area contributed by atoms with Crippen molar-refractivity contribution in [1.29, 1.82) is 0 Å². The van der Waals surface area contributed by atoms with Gasteiger partial charge in [0.05, 0.1) is 24.0 Å². The summed E-state index contributed by atoms with van der Waals surface area (Å²) < 4.78 is 38.3. The van der Waals surface area contributed by atoms with E-state index in [0.717, 1.165) is 73.6 Å². The maximum Gasteiger partial charge on any atom is 0.319 e. The van der Waals surface area contributed by atoms with Crippen LogP contribution in [0.25, 0.3) is 0 Å². The molecule has 0 aliphatic heterocycles. The number of rotatable bonds is 22. The van der Waals surface area contributed by atoms with Crippen LogP contribution >= 0.6 is 8.25 Å². The third-order valence-corrected chi connectivity index (χ3v) is 10.9. The van der Waals surface area contributed by atoms with E-state index in [9.17, 15) is 14.2 Å². The monoisotopic (exact) mass is 742 g/mol. The number of ether oxygens (including phenoxy) is 2. The molecule has 0 bridgehead atoms. The summed E-state index contributed by atoms with van der Waals surface area (Å²) in [6.07, 6.45) is 8.92. The summed E-state index contributed by atoms with van der Waals surface area (Å²) in [5, 5.41) is 0. The molecule has 8 heteroatoms. The number of aryl methyl sites for hydroxylation is 2. The largest absolute Gasteiger partial charge is 0.426 e. The second kappa shape index (κ2) is 20.8. The van der Waals surface area contributed by atoms with Gasteiger partial charge in [0.1, 0.15) is 11.5 Å². The Morgan fingerprint density at radius 1 is 0.558 bits per heavy atom. The molecule has 0 saturated carbocycles. The van der Waals surface area contributed by atoms with Crippen LogP contribution in [0, 0.1) is 24.7 Å². The van der Waals surface area contributed by atoms with Crippen molar-refractivity contribution in [3.63, 3.8) is 0 Å². The maximum atomic E-state index is 14.3. The molecule has 0 aromatic heterocycles. The summed E-state index contributed by atoms with van der Waals surface area (Å²) in [5.74, 6) is 0.378. The number of benzene rings is 2. The fourth-order valence-corrected chi connectivity index (χ4v) is 7.52. The molecule has 2 aromatic carbocycles. The van der Waals surface area contributed by atoms with Gasteiger partial charge in [-0.15, -0.1) is 0 Å². The minimum absolute atomic E-state index is 0.0834. The van der Waals surface area contributed by atoms with Gasteiger partial charge in [0.15, 0.2) is 0 Å². The average molecular weight is 743 g/mol. The van der Waals surface area contributed by atoms with Gasteiger partial charge in [-0.2, -0.15) is 0 Å². The summed E-state index contributed by atoms with van der Waals surface area (Å²) in [7, 11) is -3.10. The van der Waals surface area contributed by atoms with Crippen LogP contribution < -0.4 is 9.47 Å². The Hall–Kier alpha value is -2.47. The topological polar surface area (TPSA) is 88.1 Å². The molecule has 294 valence electrons. The standard InChI is InChI=1S/C44H71O7P/c1-13-17-25-43(26-18-14-2,39(45)50-37-29-33(5)21-23-35(37)41(7,8)9)31-48-52(47)49-32-44(27-19-15-3,28-20-16-4)40(46)51-38-30-34(6)22-24-36(38)42(10,11)12/h21-24,29-30,52H,13-20,25-28,31-32H2,1-12H3. The van der Waals surface area contributed by atoms with Crippen LogP contribution in [0.5, 0.6) is 11.5 Å². The van der Waals surface area contributed by atoms with Crippen molar-refractivity contribution < 1.29 is 32.7 Å². The maximum absolute atomic E-state index is 14.3. The minimum Gasteiger partial charge on any atom is -0.426 e. The van der Waals surface area contributed by atoms with E-state index in [4.69, 9.17) is 18.5 Å². The molecule has 0 amide bonds. The number of carbonyl (C=O) groups excluding carboxylic acids is 2. The normalized spacial score (nSPS) is 12.7. The van der Waals surface area contributed by atoms with E-state index in [0.29, 0.717) is 37.2 Å². The molecule has 0 radical (unpaired) electrons. The van der Waals surface area contributed by atoms with Gasteiger partial charge in [-0.25, -0.2) is 0 Å². The fraction of sp³-hybridized carbons (Fsp3) is 0.682. The van der Waals surface area contributed by atoms with Gasteiger partial charge >= 0.3 is 20.2 Å². The Kier molecular flexibility index (Phi) is 18.3. The smallest absolute Gasteiger partial charge is 0.319 e. The van der Waals surface area contributed by atoms with Crippen LogP contribution in [-0.4, -0.2) is 25.2 Å². The Balaban J connectivity index is 2.41. The van der Waals surface area contributed by atoms with Crippen molar-refractivity contribution in [3.8, 4) is 11.5 Å². The molecule has 7 nitrogen and oxygen atoms in total. The van der Waals surface area contributed by atoms with Crippen molar-refractivity contribution in [3.05, 3.63) is 58.7 Å². The lowest BCUT2D eigenvalue weighted by molar-refractivity contribution is -0.149. The van der Waals surface area contributed by atoms with E-state index in [2.05, 4.69) is 69.2 Å². The third-order valence-electron chi connectivity index (χ3n) is 10.1. The summed E-state index contributed by atoms with van der Waals surface area (Å²) >= 11 is 0. The molecule has 0 heterocycles. The number of unbranched alkanes of at least 4 members (excludes halogenated alkanes) is 4. The Morgan fingerprint density at radius 2 is 0.865 bits per heavy atom. The molecule has 0 aliphatic carbocycles. The predicted octanol–water partition coefficient (Wildman–Crippen LogP) is 12.6. The Morgan fingerprint density at radius 3 is 1.13 bits per heavy atom. The number of hydrogen-bond donors (Lipinski definition) is 0. The van der Waals surface area contributed by atoms with Crippen molar-refractivity contribution in [1.82, 2.24) is 0 Å². The number of hydrogen-bond acceptors (Lipinski definition) is 7. The highest BCUT2D eigenvalue weighted by molar-refractivity contribution is 7.33. The quantitative estimate of drug-likeness (QED) is 0.0674. The zero-order valence-electron chi connectivity index (χ0n) is 34.7. The molecule has 0 aliphatic rings. The first-order valence-corrected chi connectivity index (χ1v) is 21.1. The highest BCUT2D eigenvalue weighted by Gasteiger charge is 2.43. The highest BCUT2D eigenvalue weighted by atomic mass is 31.1. The molecular weight excluding hydrogens is 671 g/mol. The van der Waals surface area contributed by atoms with Crippen molar-refractivity contribution >= 4 is 20.2 Å². The van der Waals surface area contributed by atoms with Crippen LogP contribution in [0.2, 0.25) is 0 Å². The lowest BCUT2D eigenvalue weighted by Crippen LogP contribution is -2.40. The molecule has 0 N–H and O–H groups in total. The summed E-state index contributed by atoms with van der Waals surface area (Å²) in [4.78, 5) is 28.6. The van der Waals surface area contributed by atoms with E-state index >= 15 is 0 Å². The molecule has 0 spiro atoms. The molecule has 0 unspecified atom stereocenters. The zero-order valence-corrected chi connectivity index (χ0v) is 35.7. The van der Waals surface area contributed by atoms with Gasteiger partial charge in [0.2, 0.25) is 0 Å². The van der Waals surface area contributed by atoms with E-state index in [-0.39, 0.29) is 36.0 Å². The Labute approximate surface area is 317 Å². The SMILES string of the molecule is CCCCC(CCCC)(CO[PH](=O)OCC(CCCC)(CCCC)C(=O)Oc1cc(C)ccc1C(C)(C)C)C(=O)Oc1cc(C)ccc1C(C)(C)C. The van der Waals surface area contributed by atoms with Gasteiger partial charge in [-0.05, 0) is 73.6 Å². The van der Waals surface area contributed by atoms with Crippen molar-refractivity contribution in [2.45, 2.75) is 171 Å². The number of esters is 2. The van der Waals surface area contributed by atoms with E-state index in [1.165, 1.54) is 0 Å². The fourth-order valence-electron chi connectivity index (χ4n) is 6.64.